The van der Waals surface area contributed by atoms with Gasteiger partial charge in [0.2, 0.25) is 5.95 Å². The molecule has 0 N–H and O–H groups in total. The number of nitrogens with zero attached hydrogens (tertiary/aromatic N) is 2. The van der Waals surface area contributed by atoms with Crippen molar-refractivity contribution in [3.63, 3.8) is 0 Å². The van der Waals surface area contributed by atoms with Crippen molar-refractivity contribution >= 4 is 15.9 Å². The van der Waals surface area contributed by atoms with E-state index in [1.807, 2.05) is 20.8 Å². The molecule has 1 rings (SSSR count). The SMILES string of the molecule is CC(C)(C)n1cnc(Br)c1F. The molecular formula is C7H10BrFN2. The zero-order valence-electron chi connectivity index (χ0n) is 6.73. The Balaban J connectivity index is 3.15. The Morgan fingerprint density at radius 2 is 2.09 bits per heavy atom. The monoisotopic (exact) mass is 220 g/mol. The Hall–Kier alpha value is -0.380. The molecule has 11 heavy (non-hydrogen) atoms. The van der Waals surface area contributed by atoms with E-state index in [0.717, 1.165) is 0 Å². The molecule has 0 saturated carbocycles. The molecule has 0 aromatic carbocycles. The molecule has 0 aliphatic rings. The summed E-state index contributed by atoms with van der Waals surface area (Å²) in [6.07, 6.45) is 1.49. The smallest absolute Gasteiger partial charge is 0.228 e. The second-order valence-corrected chi connectivity index (χ2v) is 4.12. The molecule has 0 fully saturated rings. The Labute approximate surface area is 73.6 Å². The first-order valence-corrected chi connectivity index (χ1v) is 4.11. The average Bonchev–Trinajstić information content (AvgIpc) is 2.11. The van der Waals surface area contributed by atoms with Crippen LogP contribution >= 0.6 is 15.9 Å². The molecule has 0 aliphatic carbocycles. The highest BCUT2D eigenvalue weighted by Crippen LogP contribution is 2.20. The van der Waals surface area contributed by atoms with Crippen LogP contribution in [-0.2, 0) is 5.54 Å². The van der Waals surface area contributed by atoms with E-state index in [2.05, 4.69) is 20.9 Å². The Morgan fingerprint density at radius 3 is 2.27 bits per heavy atom. The molecule has 1 aromatic heterocycles. The molecule has 0 unspecified atom stereocenters. The largest absolute Gasteiger partial charge is 0.301 e. The summed E-state index contributed by atoms with van der Waals surface area (Å²) in [7, 11) is 0. The highest BCUT2D eigenvalue weighted by atomic mass is 79.9. The first-order valence-electron chi connectivity index (χ1n) is 3.32. The van der Waals surface area contributed by atoms with Crippen LogP contribution in [-0.4, -0.2) is 9.55 Å². The van der Waals surface area contributed by atoms with Crippen molar-refractivity contribution in [2.24, 2.45) is 0 Å². The van der Waals surface area contributed by atoms with Gasteiger partial charge in [0.1, 0.15) is 0 Å². The summed E-state index contributed by atoms with van der Waals surface area (Å²) in [4.78, 5) is 3.79. The minimum Gasteiger partial charge on any atom is -0.301 e. The van der Waals surface area contributed by atoms with E-state index < -0.39 is 0 Å². The minimum absolute atomic E-state index is 0.247. The van der Waals surface area contributed by atoms with Crippen LogP contribution in [0.1, 0.15) is 20.8 Å². The zero-order chi connectivity index (χ0) is 8.65. The van der Waals surface area contributed by atoms with Gasteiger partial charge >= 0.3 is 0 Å². The van der Waals surface area contributed by atoms with Gasteiger partial charge in [0.15, 0.2) is 4.60 Å². The quantitative estimate of drug-likeness (QED) is 0.658. The summed E-state index contributed by atoms with van der Waals surface area (Å²) >= 11 is 3.00. The lowest BCUT2D eigenvalue weighted by Crippen LogP contribution is -2.22. The van der Waals surface area contributed by atoms with Crippen molar-refractivity contribution < 1.29 is 4.39 Å². The molecule has 4 heteroatoms. The van der Waals surface area contributed by atoms with Gasteiger partial charge in [-0.05, 0) is 36.7 Å². The van der Waals surface area contributed by atoms with Gasteiger partial charge in [-0.15, -0.1) is 0 Å². The van der Waals surface area contributed by atoms with Gasteiger partial charge in [-0.1, -0.05) is 0 Å². The van der Waals surface area contributed by atoms with E-state index in [-0.39, 0.29) is 16.1 Å². The fraction of sp³-hybridized carbons (Fsp3) is 0.571. The second kappa shape index (κ2) is 2.59. The number of hydrogen-bond acceptors (Lipinski definition) is 1. The van der Waals surface area contributed by atoms with Gasteiger partial charge in [0.05, 0.1) is 6.33 Å². The van der Waals surface area contributed by atoms with Crippen LogP contribution in [0, 0.1) is 5.95 Å². The van der Waals surface area contributed by atoms with E-state index in [0.29, 0.717) is 0 Å². The summed E-state index contributed by atoms with van der Waals surface area (Å²) < 4.78 is 14.9. The molecule has 0 radical (unpaired) electrons. The van der Waals surface area contributed by atoms with Crippen LogP contribution < -0.4 is 0 Å². The van der Waals surface area contributed by atoms with Crippen LogP contribution in [0.2, 0.25) is 0 Å². The molecular weight excluding hydrogens is 211 g/mol. The fourth-order valence-corrected chi connectivity index (χ4v) is 1.06. The predicted octanol–water partition coefficient (Wildman–Crippen LogP) is 2.54. The van der Waals surface area contributed by atoms with Crippen LogP contribution in [0.5, 0.6) is 0 Å². The van der Waals surface area contributed by atoms with E-state index in [9.17, 15) is 4.39 Å². The molecule has 0 atom stereocenters. The highest BCUT2D eigenvalue weighted by molar-refractivity contribution is 9.10. The summed E-state index contributed by atoms with van der Waals surface area (Å²) in [6.45, 7) is 5.76. The third-order valence-corrected chi connectivity index (χ3v) is 1.92. The van der Waals surface area contributed by atoms with E-state index >= 15 is 0 Å². The van der Waals surface area contributed by atoms with Crippen molar-refractivity contribution in [2.45, 2.75) is 26.3 Å². The molecule has 0 saturated heterocycles. The molecule has 1 heterocycles. The van der Waals surface area contributed by atoms with Crippen molar-refractivity contribution in [1.82, 2.24) is 9.55 Å². The number of halogens is 2. The van der Waals surface area contributed by atoms with Crippen molar-refractivity contribution in [3.8, 4) is 0 Å². The van der Waals surface area contributed by atoms with Crippen molar-refractivity contribution in [1.29, 1.82) is 0 Å². The summed E-state index contributed by atoms with van der Waals surface area (Å²) in [5, 5.41) is 0. The lowest BCUT2D eigenvalue weighted by atomic mass is 10.1. The third-order valence-electron chi connectivity index (χ3n) is 1.39. The Bertz CT molecular complexity index is 262. The molecule has 0 bridgehead atoms. The van der Waals surface area contributed by atoms with Crippen LogP contribution in [0.3, 0.4) is 0 Å². The number of aromatic nitrogens is 2. The van der Waals surface area contributed by atoms with E-state index in [1.165, 1.54) is 10.9 Å². The molecule has 2 nitrogen and oxygen atoms in total. The van der Waals surface area contributed by atoms with Gasteiger partial charge in [-0.3, -0.25) is 0 Å². The van der Waals surface area contributed by atoms with Crippen LogP contribution in [0.25, 0.3) is 0 Å². The maximum atomic E-state index is 13.1. The highest BCUT2D eigenvalue weighted by Gasteiger charge is 2.18. The second-order valence-electron chi connectivity index (χ2n) is 3.37. The molecule has 0 amide bonds. The normalized spacial score (nSPS) is 12.1. The Kier molecular flexibility index (Phi) is 2.05. The van der Waals surface area contributed by atoms with Crippen LogP contribution in [0.15, 0.2) is 10.9 Å². The average molecular weight is 221 g/mol. The maximum Gasteiger partial charge on any atom is 0.228 e. The van der Waals surface area contributed by atoms with Crippen molar-refractivity contribution in [2.75, 3.05) is 0 Å². The minimum atomic E-state index is -0.322. The number of imidazole rings is 1. The molecule has 0 spiro atoms. The fourth-order valence-electron chi connectivity index (χ4n) is 0.779. The lowest BCUT2D eigenvalue weighted by Gasteiger charge is -2.20. The number of rotatable bonds is 0. The topological polar surface area (TPSA) is 17.8 Å². The van der Waals surface area contributed by atoms with E-state index in [1.54, 1.807) is 0 Å². The maximum absolute atomic E-state index is 13.1. The van der Waals surface area contributed by atoms with Crippen LogP contribution in [0.4, 0.5) is 4.39 Å². The summed E-state index contributed by atoms with van der Waals surface area (Å²) in [6, 6.07) is 0. The lowest BCUT2D eigenvalue weighted by molar-refractivity contribution is 0.335. The van der Waals surface area contributed by atoms with Gasteiger partial charge in [0, 0.05) is 5.54 Å². The molecule has 1 aromatic rings. The summed E-state index contributed by atoms with van der Waals surface area (Å²) in [5.74, 6) is -0.322. The number of hydrogen-bond donors (Lipinski definition) is 0. The molecule has 0 aliphatic heterocycles. The Morgan fingerprint density at radius 1 is 1.55 bits per heavy atom. The molecule has 62 valence electrons. The van der Waals surface area contributed by atoms with Gasteiger partial charge in [0.25, 0.3) is 0 Å². The first kappa shape index (κ1) is 8.71. The van der Waals surface area contributed by atoms with Gasteiger partial charge in [-0.2, -0.15) is 4.39 Å². The standard InChI is InChI=1S/C7H10BrFN2/c1-7(2,3)11-4-10-5(8)6(11)9/h4H,1-3H3. The zero-order valence-corrected chi connectivity index (χ0v) is 8.31. The van der Waals surface area contributed by atoms with Crippen molar-refractivity contribution in [3.05, 3.63) is 16.9 Å². The first-order chi connectivity index (χ1) is 4.93. The summed E-state index contributed by atoms with van der Waals surface area (Å²) in [5.41, 5.74) is -0.247. The van der Waals surface area contributed by atoms with Gasteiger partial charge in [-0.25, -0.2) is 4.98 Å². The van der Waals surface area contributed by atoms with Gasteiger partial charge < -0.3 is 4.57 Å². The predicted molar refractivity (Wildman–Crippen MR) is 44.9 cm³/mol. The third kappa shape index (κ3) is 1.61. The van der Waals surface area contributed by atoms with E-state index in [4.69, 9.17) is 0 Å².